The van der Waals surface area contributed by atoms with E-state index in [4.69, 9.17) is 0 Å². The normalized spacial score (nSPS) is 23.0. The zero-order valence-electron chi connectivity index (χ0n) is 13.7. The van der Waals surface area contributed by atoms with Crippen molar-refractivity contribution < 1.29 is 9.59 Å². The van der Waals surface area contributed by atoms with Crippen molar-refractivity contribution in [2.75, 3.05) is 31.1 Å². The lowest BCUT2D eigenvalue weighted by atomic mass is 10.1. The van der Waals surface area contributed by atoms with Gasteiger partial charge in [-0.25, -0.2) is 0 Å². The Bertz CT molecular complexity index is 632. The molecule has 1 aliphatic carbocycles. The zero-order chi connectivity index (χ0) is 15.8. The molecule has 2 fully saturated rings. The van der Waals surface area contributed by atoms with Gasteiger partial charge in [-0.3, -0.25) is 9.59 Å². The average molecular weight is 350 g/mol. The van der Waals surface area contributed by atoms with E-state index in [1.807, 2.05) is 28.0 Å². The lowest BCUT2D eigenvalue weighted by Gasteiger charge is -2.33. The van der Waals surface area contributed by atoms with E-state index in [-0.39, 0.29) is 36.7 Å². The Morgan fingerprint density at radius 1 is 1.21 bits per heavy atom. The summed E-state index contributed by atoms with van der Waals surface area (Å²) < 4.78 is 0. The van der Waals surface area contributed by atoms with Gasteiger partial charge in [-0.2, -0.15) is 0 Å². The van der Waals surface area contributed by atoms with Crippen molar-refractivity contribution in [3.63, 3.8) is 0 Å². The SMILES string of the molecule is Cl.O=C1C(CC(=O)N2CCc3ccccc32)NCCN1CC1CC1. The van der Waals surface area contributed by atoms with Gasteiger partial charge in [0.1, 0.15) is 0 Å². The topological polar surface area (TPSA) is 52.7 Å². The van der Waals surface area contributed by atoms with Crippen LogP contribution in [0.1, 0.15) is 24.8 Å². The minimum atomic E-state index is -0.359. The van der Waals surface area contributed by atoms with E-state index in [1.165, 1.54) is 18.4 Å². The molecule has 2 amide bonds. The van der Waals surface area contributed by atoms with E-state index in [1.54, 1.807) is 0 Å². The molecule has 0 spiro atoms. The number of rotatable bonds is 4. The van der Waals surface area contributed by atoms with Crippen molar-refractivity contribution in [1.29, 1.82) is 0 Å². The van der Waals surface area contributed by atoms with Crippen molar-refractivity contribution in [3.05, 3.63) is 29.8 Å². The maximum atomic E-state index is 12.7. The van der Waals surface area contributed by atoms with Crippen LogP contribution in [0.5, 0.6) is 0 Å². The number of nitrogens with zero attached hydrogens (tertiary/aromatic N) is 2. The van der Waals surface area contributed by atoms with Crippen LogP contribution < -0.4 is 10.2 Å². The highest BCUT2D eigenvalue weighted by atomic mass is 35.5. The number of halogens is 1. The van der Waals surface area contributed by atoms with Gasteiger partial charge in [-0.05, 0) is 36.8 Å². The van der Waals surface area contributed by atoms with Crippen molar-refractivity contribution >= 4 is 29.9 Å². The molecule has 0 aromatic heterocycles. The molecule has 1 aromatic carbocycles. The fourth-order valence-corrected chi connectivity index (χ4v) is 3.63. The molecular weight excluding hydrogens is 326 g/mol. The number of fused-ring (bicyclic) bond motifs is 1. The van der Waals surface area contributed by atoms with Crippen LogP contribution in [-0.2, 0) is 16.0 Å². The van der Waals surface area contributed by atoms with Crippen molar-refractivity contribution in [3.8, 4) is 0 Å². The predicted molar refractivity (Wildman–Crippen MR) is 95.5 cm³/mol. The summed E-state index contributed by atoms with van der Waals surface area (Å²) in [6.07, 6.45) is 3.65. The second kappa shape index (κ2) is 7.11. The highest BCUT2D eigenvalue weighted by Crippen LogP contribution is 2.31. The minimum absolute atomic E-state index is 0. The minimum Gasteiger partial charge on any atom is -0.340 e. The standard InChI is InChI=1S/C18H23N3O2.ClH/c22-17(21-9-7-14-3-1-2-4-16(14)21)11-15-18(23)20(10-8-19-15)12-13-5-6-13;/h1-4,13,15,19H,5-12H2;1H. The molecule has 1 saturated carbocycles. The van der Waals surface area contributed by atoms with E-state index in [0.29, 0.717) is 5.92 Å². The molecule has 6 heteroatoms. The Balaban J connectivity index is 0.00000169. The third-order valence-corrected chi connectivity index (χ3v) is 5.12. The number of para-hydroxylation sites is 1. The lowest BCUT2D eigenvalue weighted by Crippen LogP contribution is -2.56. The first-order valence-corrected chi connectivity index (χ1v) is 8.63. The van der Waals surface area contributed by atoms with Crippen LogP contribution in [0.4, 0.5) is 5.69 Å². The van der Waals surface area contributed by atoms with E-state index in [0.717, 1.165) is 38.3 Å². The lowest BCUT2D eigenvalue weighted by molar-refractivity contribution is -0.138. The third-order valence-electron chi connectivity index (χ3n) is 5.12. The number of nitrogens with one attached hydrogen (secondary N) is 1. The summed E-state index contributed by atoms with van der Waals surface area (Å²) in [4.78, 5) is 29.0. The van der Waals surface area contributed by atoms with Gasteiger partial charge in [0.15, 0.2) is 0 Å². The van der Waals surface area contributed by atoms with Crippen LogP contribution in [0, 0.1) is 5.92 Å². The van der Waals surface area contributed by atoms with Gasteiger partial charge in [0.05, 0.1) is 12.5 Å². The number of amides is 2. The largest absolute Gasteiger partial charge is 0.340 e. The van der Waals surface area contributed by atoms with E-state index in [9.17, 15) is 9.59 Å². The summed E-state index contributed by atoms with van der Waals surface area (Å²) in [6.45, 7) is 3.15. The van der Waals surface area contributed by atoms with E-state index in [2.05, 4.69) is 11.4 Å². The fourth-order valence-electron chi connectivity index (χ4n) is 3.63. The third kappa shape index (κ3) is 3.42. The first kappa shape index (κ1) is 17.2. The molecule has 0 radical (unpaired) electrons. The maximum Gasteiger partial charge on any atom is 0.240 e. The Hall–Kier alpha value is -1.59. The van der Waals surface area contributed by atoms with E-state index < -0.39 is 0 Å². The smallest absolute Gasteiger partial charge is 0.240 e. The summed E-state index contributed by atoms with van der Waals surface area (Å²) in [5, 5.41) is 3.23. The maximum absolute atomic E-state index is 12.7. The molecule has 3 aliphatic rings. The van der Waals surface area contributed by atoms with Gasteiger partial charge in [0.2, 0.25) is 11.8 Å². The molecule has 1 unspecified atom stereocenters. The predicted octanol–water partition coefficient (Wildman–Crippen LogP) is 1.60. The molecule has 1 N–H and O–H groups in total. The number of piperazine rings is 1. The second-order valence-electron chi connectivity index (χ2n) is 6.86. The zero-order valence-corrected chi connectivity index (χ0v) is 14.6. The van der Waals surface area contributed by atoms with Crippen molar-refractivity contribution in [1.82, 2.24) is 10.2 Å². The first-order valence-electron chi connectivity index (χ1n) is 8.63. The molecule has 1 aromatic rings. The average Bonchev–Trinajstić information content (AvgIpc) is 3.27. The van der Waals surface area contributed by atoms with Crippen LogP contribution in [0.15, 0.2) is 24.3 Å². The van der Waals surface area contributed by atoms with Gasteiger partial charge in [-0.1, -0.05) is 18.2 Å². The molecule has 1 saturated heterocycles. The molecular formula is C18H24ClN3O2. The Morgan fingerprint density at radius 3 is 2.79 bits per heavy atom. The van der Waals surface area contributed by atoms with Gasteiger partial charge in [0.25, 0.3) is 0 Å². The summed E-state index contributed by atoms with van der Waals surface area (Å²) in [5.74, 6) is 0.844. The summed E-state index contributed by atoms with van der Waals surface area (Å²) in [7, 11) is 0. The number of benzene rings is 1. The highest BCUT2D eigenvalue weighted by molar-refractivity contribution is 5.98. The van der Waals surface area contributed by atoms with Gasteiger partial charge in [0, 0.05) is 31.9 Å². The number of carbonyl (C=O) groups is 2. The van der Waals surface area contributed by atoms with Gasteiger partial charge < -0.3 is 15.1 Å². The first-order chi connectivity index (χ1) is 11.2. The monoisotopic (exact) mass is 349 g/mol. The van der Waals surface area contributed by atoms with Gasteiger partial charge in [-0.15, -0.1) is 12.4 Å². The number of hydrogen-bond acceptors (Lipinski definition) is 3. The Kier molecular flexibility index (Phi) is 5.11. The fraction of sp³-hybridized carbons (Fsp3) is 0.556. The van der Waals surface area contributed by atoms with Crippen molar-refractivity contribution in [2.24, 2.45) is 5.92 Å². The second-order valence-corrected chi connectivity index (χ2v) is 6.86. The van der Waals surface area contributed by atoms with Crippen LogP contribution >= 0.6 is 12.4 Å². The Labute approximate surface area is 148 Å². The van der Waals surface area contributed by atoms with Crippen LogP contribution in [0.2, 0.25) is 0 Å². The summed E-state index contributed by atoms with van der Waals surface area (Å²) >= 11 is 0. The molecule has 24 heavy (non-hydrogen) atoms. The number of anilines is 1. The van der Waals surface area contributed by atoms with Gasteiger partial charge >= 0.3 is 0 Å². The molecule has 5 nitrogen and oxygen atoms in total. The molecule has 0 bridgehead atoms. The van der Waals surface area contributed by atoms with Crippen LogP contribution in [0.3, 0.4) is 0 Å². The number of hydrogen-bond donors (Lipinski definition) is 1. The summed E-state index contributed by atoms with van der Waals surface area (Å²) in [5.41, 5.74) is 2.23. The quantitative estimate of drug-likeness (QED) is 0.898. The Morgan fingerprint density at radius 2 is 2.00 bits per heavy atom. The molecule has 130 valence electrons. The molecule has 4 rings (SSSR count). The molecule has 2 heterocycles. The molecule has 2 aliphatic heterocycles. The van der Waals surface area contributed by atoms with Crippen molar-refractivity contribution in [2.45, 2.75) is 31.7 Å². The number of carbonyl (C=O) groups excluding carboxylic acids is 2. The van der Waals surface area contributed by atoms with E-state index >= 15 is 0 Å². The van der Waals surface area contributed by atoms with Crippen LogP contribution in [-0.4, -0.2) is 48.9 Å². The van der Waals surface area contributed by atoms with Crippen LogP contribution in [0.25, 0.3) is 0 Å². The summed E-state index contributed by atoms with van der Waals surface area (Å²) in [6, 6.07) is 7.68. The highest BCUT2D eigenvalue weighted by Gasteiger charge is 2.35. The molecule has 1 atom stereocenters.